The van der Waals surface area contributed by atoms with Crippen LogP contribution in [0.1, 0.15) is 5.56 Å². The van der Waals surface area contributed by atoms with Crippen LogP contribution in [0.5, 0.6) is 0 Å². The van der Waals surface area contributed by atoms with Gasteiger partial charge in [-0.3, -0.25) is 4.79 Å². The summed E-state index contributed by atoms with van der Waals surface area (Å²) < 4.78 is 1.42. The quantitative estimate of drug-likeness (QED) is 0.549. The Morgan fingerprint density at radius 3 is 3.27 bits per heavy atom. The van der Waals surface area contributed by atoms with Gasteiger partial charge in [-0.1, -0.05) is 0 Å². The summed E-state index contributed by atoms with van der Waals surface area (Å²) in [5.41, 5.74) is 0.806. The number of hydrogen-bond donors (Lipinski definition) is 0. The van der Waals surface area contributed by atoms with Crippen LogP contribution in [0, 0.1) is 0 Å². The van der Waals surface area contributed by atoms with Gasteiger partial charge in [0.15, 0.2) is 5.65 Å². The van der Waals surface area contributed by atoms with Gasteiger partial charge in [0, 0.05) is 6.20 Å². The Morgan fingerprint density at radius 1 is 1.55 bits per heavy atom. The van der Waals surface area contributed by atoms with Crippen molar-refractivity contribution >= 4 is 11.9 Å². The van der Waals surface area contributed by atoms with Crippen LogP contribution < -0.4 is 0 Å². The van der Waals surface area contributed by atoms with E-state index in [1.165, 1.54) is 23.1 Å². The zero-order chi connectivity index (χ0) is 7.68. The molecule has 0 fully saturated rings. The van der Waals surface area contributed by atoms with Crippen LogP contribution in [-0.2, 0) is 4.79 Å². The maximum absolute atomic E-state index is 10.3. The minimum absolute atomic E-state index is 0.373. The monoisotopic (exact) mass is 147 g/mol. The smallest absolute Gasteiger partial charge is 0.237 e. The highest BCUT2D eigenvalue weighted by Gasteiger charge is 2.01. The van der Waals surface area contributed by atoms with E-state index < -0.39 is 0 Å². The lowest BCUT2D eigenvalue weighted by Gasteiger charge is -1.89. The second-order valence-corrected chi connectivity index (χ2v) is 1.95. The van der Waals surface area contributed by atoms with Crippen molar-refractivity contribution < 1.29 is 4.79 Å². The molecule has 5 nitrogen and oxygen atoms in total. The standard InChI is InChI=1S/C6H3N4O/c11-3-5-1-2-8-10-4-7-9-6(5)10/h1-2,4H. The molecule has 2 rings (SSSR count). The number of fused-ring (bicyclic) bond motifs is 1. The highest BCUT2D eigenvalue weighted by molar-refractivity contribution is 5.83. The second kappa shape index (κ2) is 2.12. The Hall–Kier alpha value is -1.78. The second-order valence-electron chi connectivity index (χ2n) is 1.95. The largest absolute Gasteiger partial charge is 0.285 e. The minimum Gasteiger partial charge on any atom is -0.285 e. The van der Waals surface area contributed by atoms with Crippen molar-refractivity contribution in [1.82, 2.24) is 19.8 Å². The molecule has 0 saturated carbocycles. The summed E-state index contributed by atoms with van der Waals surface area (Å²) in [6.07, 6.45) is 4.67. The summed E-state index contributed by atoms with van der Waals surface area (Å²) in [5.74, 6) is 0. The Kier molecular flexibility index (Phi) is 1.15. The molecule has 0 bridgehead atoms. The lowest BCUT2D eigenvalue weighted by Crippen LogP contribution is -1.93. The van der Waals surface area contributed by atoms with Crippen LogP contribution >= 0.6 is 0 Å². The summed E-state index contributed by atoms with van der Waals surface area (Å²) in [6, 6.07) is 1.54. The van der Waals surface area contributed by atoms with E-state index in [9.17, 15) is 4.79 Å². The third kappa shape index (κ3) is 0.778. The molecule has 0 N–H and O–H groups in total. The first-order valence-electron chi connectivity index (χ1n) is 2.95. The van der Waals surface area contributed by atoms with Crippen molar-refractivity contribution in [3.8, 4) is 0 Å². The molecular formula is C6H3N4O. The van der Waals surface area contributed by atoms with Gasteiger partial charge in [-0.25, -0.2) is 0 Å². The first kappa shape index (κ1) is 5.96. The van der Waals surface area contributed by atoms with Crippen molar-refractivity contribution in [3.63, 3.8) is 0 Å². The molecule has 2 aromatic rings. The molecule has 0 aliphatic rings. The summed E-state index contributed by atoms with van der Waals surface area (Å²) in [5, 5.41) is 11.1. The fourth-order valence-corrected chi connectivity index (χ4v) is 0.826. The fourth-order valence-electron chi connectivity index (χ4n) is 0.826. The van der Waals surface area contributed by atoms with E-state index in [0.717, 1.165) is 0 Å². The Labute approximate surface area is 61.7 Å². The van der Waals surface area contributed by atoms with E-state index in [1.807, 2.05) is 0 Å². The normalized spacial score (nSPS) is 10.2. The van der Waals surface area contributed by atoms with Gasteiger partial charge in [-0.15, -0.1) is 10.2 Å². The highest BCUT2D eigenvalue weighted by atomic mass is 16.1. The lowest BCUT2D eigenvalue weighted by molar-refractivity contribution is 0.562. The molecule has 2 aromatic heterocycles. The van der Waals surface area contributed by atoms with Gasteiger partial charge in [0.1, 0.15) is 6.33 Å². The summed E-state index contributed by atoms with van der Waals surface area (Å²) in [4.78, 5) is 10.3. The number of rotatable bonds is 1. The van der Waals surface area contributed by atoms with Crippen LogP contribution in [0.2, 0.25) is 0 Å². The molecule has 2 heterocycles. The van der Waals surface area contributed by atoms with Gasteiger partial charge in [0.05, 0.1) is 5.56 Å². The summed E-state index contributed by atoms with van der Waals surface area (Å²) in [6.45, 7) is 0. The molecule has 0 saturated heterocycles. The van der Waals surface area contributed by atoms with Crippen molar-refractivity contribution in [3.05, 3.63) is 24.2 Å². The highest BCUT2D eigenvalue weighted by Crippen LogP contribution is 2.00. The third-order valence-electron chi connectivity index (χ3n) is 1.31. The van der Waals surface area contributed by atoms with Crippen molar-refractivity contribution in [2.75, 3.05) is 0 Å². The third-order valence-corrected chi connectivity index (χ3v) is 1.31. The topological polar surface area (TPSA) is 60.2 Å². The van der Waals surface area contributed by atoms with Crippen LogP contribution in [-0.4, -0.2) is 26.1 Å². The Morgan fingerprint density at radius 2 is 2.45 bits per heavy atom. The molecule has 0 unspecified atom stereocenters. The predicted octanol–water partition coefficient (Wildman–Crippen LogP) is -0.418. The first-order chi connectivity index (χ1) is 5.42. The van der Waals surface area contributed by atoms with Crippen LogP contribution in [0.25, 0.3) is 5.65 Å². The average Bonchev–Trinajstić information content (AvgIpc) is 2.50. The molecule has 0 atom stereocenters. The molecule has 1 radical (unpaired) electrons. The van der Waals surface area contributed by atoms with E-state index >= 15 is 0 Å². The molecule has 53 valence electrons. The number of nitrogens with zero attached hydrogens (tertiary/aromatic N) is 4. The molecule has 11 heavy (non-hydrogen) atoms. The first-order valence-corrected chi connectivity index (χ1v) is 2.95. The van der Waals surface area contributed by atoms with E-state index in [1.54, 1.807) is 6.29 Å². The zero-order valence-electron chi connectivity index (χ0n) is 5.43. The zero-order valence-corrected chi connectivity index (χ0v) is 5.43. The molecule has 5 heteroatoms. The van der Waals surface area contributed by atoms with Gasteiger partial charge in [0.25, 0.3) is 0 Å². The molecule has 0 aliphatic carbocycles. The minimum atomic E-state index is 0.373. The van der Waals surface area contributed by atoms with Crippen LogP contribution in [0.3, 0.4) is 0 Å². The lowest BCUT2D eigenvalue weighted by atomic mass is 10.3. The van der Waals surface area contributed by atoms with Gasteiger partial charge in [-0.05, 0) is 6.07 Å². The van der Waals surface area contributed by atoms with E-state index in [2.05, 4.69) is 15.3 Å². The Bertz CT molecular complexity index is 394. The Balaban J connectivity index is 2.88. The SMILES string of the molecule is O=[C]c1ccnn2cnnc12. The number of hydrogen-bond acceptors (Lipinski definition) is 4. The number of aromatic nitrogens is 4. The summed E-state index contributed by atoms with van der Waals surface area (Å²) >= 11 is 0. The van der Waals surface area contributed by atoms with Gasteiger partial charge < -0.3 is 0 Å². The van der Waals surface area contributed by atoms with E-state index in [0.29, 0.717) is 11.2 Å². The fraction of sp³-hybridized carbons (Fsp3) is 0. The maximum Gasteiger partial charge on any atom is 0.237 e. The van der Waals surface area contributed by atoms with Crippen molar-refractivity contribution in [2.24, 2.45) is 0 Å². The molecule has 0 aromatic carbocycles. The van der Waals surface area contributed by atoms with E-state index in [-0.39, 0.29) is 0 Å². The molecule has 0 aliphatic heterocycles. The van der Waals surface area contributed by atoms with Gasteiger partial charge in [-0.2, -0.15) is 9.61 Å². The van der Waals surface area contributed by atoms with Crippen LogP contribution in [0.15, 0.2) is 18.6 Å². The molecule has 0 spiro atoms. The van der Waals surface area contributed by atoms with Gasteiger partial charge >= 0.3 is 0 Å². The maximum atomic E-state index is 10.3. The van der Waals surface area contributed by atoms with Gasteiger partial charge in [0.2, 0.25) is 6.29 Å². The predicted molar refractivity (Wildman–Crippen MR) is 35.6 cm³/mol. The van der Waals surface area contributed by atoms with E-state index in [4.69, 9.17) is 0 Å². The van der Waals surface area contributed by atoms with Crippen LogP contribution in [0.4, 0.5) is 0 Å². The van der Waals surface area contributed by atoms with Crippen molar-refractivity contribution in [1.29, 1.82) is 0 Å². The average molecular weight is 147 g/mol. The van der Waals surface area contributed by atoms with Crippen molar-refractivity contribution in [2.45, 2.75) is 0 Å². The molecular weight excluding hydrogens is 144 g/mol. The number of carbonyl (C=O) groups excluding carboxylic acids is 1. The summed E-state index contributed by atoms with van der Waals surface area (Å²) in [7, 11) is 0. The molecule has 0 amide bonds.